The zero-order chi connectivity index (χ0) is 26.1. The van der Waals surface area contributed by atoms with Crippen LogP contribution in [0.4, 0.5) is 4.79 Å². The second-order valence-corrected chi connectivity index (χ2v) is 11.6. The maximum Gasteiger partial charge on any atom is 0.315 e. The van der Waals surface area contributed by atoms with E-state index in [1.165, 1.54) is 23.1 Å². The van der Waals surface area contributed by atoms with Crippen LogP contribution in [0.15, 0.2) is 62.9 Å². The number of aromatic nitrogens is 1. The first-order valence-corrected chi connectivity index (χ1v) is 14.5. The molecule has 1 aliphatic rings. The van der Waals surface area contributed by atoms with E-state index < -0.39 is 10.8 Å². The molecule has 5 N–H and O–H groups in total. The smallest absolute Gasteiger partial charge is 0.315 e. The van der Waals surface area contributed by atoms with Gasteiger partial charge in [0.25, 0.3) is 0 Å². The molecule has 192 valence electrons. The van der Waals surface area contributed by atoms with Crippen molar-refractivity contribution in [3.8, 4) is 0 Å². The molecule has 0 bridgehead atoms. The summed E-state index contributed by atoms with van der Waals surface area (Å²) in [4.78, 5) is 20.7. The van der Waals surface area contributed by atoms with Gasteiger partial charge in [-0.3, -0.25) is 4.21 Å². The van der Waals surface area contributed by atoms with Gasteiger partial charge in [0.05, 0.1) is 28.8 Å². The van der Waals surface area contributed by atoms with Crippen LogP contribution < -0.4 is 16.4 Å². The van der Waals surface area contributed by atoms with E-state index in [-0.39, 0.29) is 19.2 Å². The van der Waals surface area contributed by atoms with Crippen LogP contribution in [0.1, 0.15) is 42.8 Å². The van der Waals surface area contributed by atoms with Crippen molar-refractivity contribution >= 4 is 56.2 Å². The summed E-state index contributed by atoms with van der Waals surface area (Å²) in [6.07, 6.45) is 3.52. The molecule has 1 atom stereocenters. The van der Waals surface area contributed by atoms with Crippen LogP contribution in [-0.4, -0.2) is 44.3 Å². The quantitative estimate of drug-likeness (QED) is 0.335. The standard InChI is InChI=1S/C25H31N5O3S3/c1-4-5-14-36(33)24-21(26)20(23(35-24)30-17(3)22-27-11-13-34-22)16(2)19-8-6-18(7-9-19)15-29-25(32)28-10-12-31/h6-9,11,13,31H,3-5,10,12,14-15,26H2,1-2H3,(H2,28,29,32)/b20-16+,30-23?. The van der Waals surface area contributed by atoms with Gasteiger partial charge in [0.2, 0.25) is 0 Å². The third-order valence-corrected chi connectivity index (χ3v) is 9.13. The lowest BCUT2D eigenvalue weighted by atomic mass is 9.99. The summed E-state index contributed by atoms with van der Waals surface area (Å²) in [6, 6.07) is 7.45. The van der Waals surface area contributed by atoms with Gasteiger partial charge in [-0.25, -0.2) is 14.8 Å². The number of thiazole rings is 1. The van der Waals surface area contributed by atoms with E-state index in [4.69, 9.17) is 15.8 Å². The lowest BCUT2D eigenvalue weighted by Gasteiger charge is -2.11. The van der Waals surface area contributed by atoms with Gasteiger partial charge in [-0.05, 0) is 30.0 Å². The summed E-state index contributed by atoms with van der Waals surface area (Å²) in [5.41, 5.74) is 11.1. The van der Waals surface area contributed by atoms with Crippen molar-refractivity contribution in [3.05, 3.63) is 74.1 Å². The highest BCUT2D eigenvalue weighted by Crippen LogP contribution is 2.42. The fourth-order valence-electron chi connectivity index (χ4n) is 3.36. The Labute approximate surface area is 222 Å². The fourth-order valence-corrected chi connectivity index (χ4v) is 6.76. The largest absolute Gasteiger partial charge is 0.397 e. The number of aliphatic imine (C=N–C) groups is 1. The van der Waals surface area contributed by atoms with Crippen molar-refractivity contribution in [2.24, 2.45) is 10.7 Å². The Hall–Kier alpha value is -2.73. The van der Waals surface area contributed by atoms with Crippen LogP contribution >= 0.6 is 23.1 Å². The number of nitrogens with zero attached hydrogens (tertiary/aromatic N) is 2. The number of rotatable bonds is 11. The van der Waals surface area contributed by atoms with E-state index in [1.807, 2.05) is 36.6 Å². The van der Waals surface area contributed by atoms with Gasteiger partial charge < -0.3 is 21.5 Å². The molecule has 8 nitrogen and oxygen atoms in total. The number of carbonyl (C=O) groups excluding carboxylic acids is 1. The lowest BCUT2D eigenvalue weighted by Crippen LogP contribution is -2.36. The first-order chi connectivity index (χ1) is 17.3. The highest BCUT2D eigenvalue weighted by atomic mass is 32.2. The van der Waals surface area contributed by atoms with E-state index in [1.54, 1.807) is 6.20 Å². The summed E-state index contributed by atoms with van der Waals surface area (Å²) in [5, 5.41) is 17.4. The predicted molar refractivity (Wildman–Crippen MR) is 152 cm³/mol. The highest BCUT2D eigenvalue weighted by molar-refractivity contribution is 8.27. The Morgan fingerprint density at radius 1 is 1.28 bits per heavy atom. The van der Waals surface area contributed by atoms with Gasteiger partial charge >= 0.3 is 6.03 Å². The average Bonchev–Trinajstić information content (AvgIpc) is 3.53. The van der Waals surface area contributed by atoms with Gasteiger partial charge in [-0.1, -0.05) is 56.0 Å². The minimum absolute atomic E-state index is 0.109. The zero-order valence-electron chi connectivity index (χ0n) is 20.4. The molecule has 0 spiro atoms. The fraction of sp³-hybridized carbons (Fsp3) is 0.320. The van der Waals surface area contributed by atoms with Crippen molar-refractivity contribution in [2.75, 3.05) is 18.9 Å². The third kappa shape index (κ3) is 7.16. The molecular weight excluding hydrogens is 515 g/mol. The third-order valence-electron chi connectivity index (χ3n) is 5.31. The molecule has 0 saturated heterocycles. The van der Waals surface area contributed by atoms with Crippen molar-refractivity contribution in [1.82, 2.24) is 15.6 Å². The Kier molecular flexibility index (Phi) is 10.5. The number of allylic oxidation sites excluding steroid dienone is 2. The van der Waals surface area contributed by atoms with Gasteiger partial charge in [0.15, 0.2) is 0 Å². The monoisotopic (exact) mass is 545 g/mol. The number of aliphatic hydroxyl groups is 1. The van der Waals surface area contributed by atoms with Crippen molar-refractivity contribution < 1.29 is 14.1 Å². The molecule has 0 fully saturated rings. The maximum atomic E-state index is 13.0. The molecule has 0 saturated carbocycles. The van der Waals surface area contributed by atoms with Crippen molar-refractivity contribution in [2.45, 2.75) is 33.2 Å². The Morgan fingerprint density at radius 3 is 2.67 bits per heavy atom. The molecule has 36 heavy (non-hydrogen) atoms. The normalized spacial score (nSPS) is 16.8. The number of thioether (sulfide) groups is 1. The minimum atomic E-state index is -1.21. The molecule has 11 heteroatoms. The molecule has 0 aliphatic carbocycles. The maximum absolute atomic E-state index is 13.0. The topological polar surface area (TPSA) is 130 Å². The van der Waals surface area contributed by atoms with E-state index >= 15 is 0 Å². The molecule has 1 aliphatic heterocycles. The SMILES string of the molecule is C=C(N=C1SC(S(=O)CCCC)=C(N)/C1=C(/C)c1ccc(CNC(=O)NCCO)cc1)c1nccs1. The number of nitrogens with two attached hydrogens (primary N) is 1. The number of carbonyl (C=O) groups is 1. The van der Waals surface area contributed by atoms with E-state index in [2.05, 4.69) is 29.1 Å². The van der Waals surface area contributed by atoms with Crippen molar-refractivity contribution in [3.63, 3.8) is 0 Å². The highest BCUT2D eigenvalue weighted by Gasteiger charge is 2.31. The molecule has 1 aromatic heterocycles. The van der Waals surface area contributed by atoms with Gasteiger partial charge in [0, 0.05) is 36.0 Å². The number of hydrogen-bond acceptors (Lipinski definition) is 8. The summed E-state index contributed by atoms with van der Waals surface area (Å²) >= 11 is 2.80. The summed E-state index contributed by atoms with van der Waals surface area (Å²) in [7, 11) is -1.21. The Morgan fingerprint density at radius 2 is 2.03 bits per heavy atom. The summed E-state index contributed by atoms with van der Waals surface area (Å²) in [5.74, 6) is 0.556. The summed E-state index contributed by atoms with van der Waals surface area (Å²) < 4.78 is 13.6. The van der Waals surface area contributed by atoms with Crippen LogP contribution in [0.3, 0.4) is 0 Å². The molecule has 2 heterocycles. The van der Waals surface area contributed by atoms with E-state index in [0.29, 0.717) is 33.0 Å². The van der Waals surface area contributed by atoms with E-state index in [9.17, 15) is 9.00 Å². The van der Waals surface area contributed by atoms with Crippen LogP contribution in [0.25, 0.3) is 11.3 Å². The van der Waals surface area contributed by atoms with Crippen LogP contribution in [0.2, 0.25) is 0 Å². The van der Waals surface area contributed by atoms with E-state index in [0.717, 1.165) is 40.1 Å². The molecule has 0 radical (unpaired) electrons. The molecule has 3 rings (SSSR count). The number of benzene rings is 1. The number of unbranched alkanes of at least 4 members (excludes halogenated alkanes) is 1. The number of nitrogens with one attached hydrogen (secondary N) is 2. The lowest BCUT2D eigenvalue weighted by molar-refractivity contribution is 0.234. The van der Waals surface area contributed by atoms with Gasteiger partial charge in [0.1, 0.15) is 14.3 Å². The number of amides is 2. The number of hydrogen-bond donors (Lipinski definition) is 4. The van der Waals surface area contributed by atoms with Crippen LogP contribution in [0, 0.1) is 0 Å². The van der Waals surface area contributed by atoms with Gasteiger partial charge in [-0.15, -0.1) is 11.3 Å². The molecular formula is C25H31N5O3S3. The van der Waals surface area contributed by atoms with Crippen molar-refractivity contribution in [1.29, 1.82) is 0 Å². The Bertz CT molecular complexity index is 1200. The summed E-state index contributed by atoms with van der Waals surface area (Å²) in [6.45, 7) is 8.56. The molecule has 2 amide bonds. The van der Waals surface area contributed by atoms with Gasteiger partial charge in [-0.2, -0.15) is 0 Å². The number of aliphatic hydroxyl groups excluding tert-OH is 1. The zero-order valence-corrected chi connectivity index (χ0v) is 22.8. The first-order valence-electron chi connectivity index (χ1n) is 11.5. The average molecular weight is 546 g/mol. The molecule has 2 aromatic rings. The first kappa shape index (κ1) is 27.9. The Balaban J connectivity index is 1.90. The second-order valence-electron chi connectivity index (χ2n) is 7.94. The minimum Gasteiger partial charge on any atom is -0.397 e. The van der Waals surface area contributed by atoms with Crippen LogP contribution in [-0.2, 0) is 17.3 Å². The molecule has 1 unspecified atom stereocenters. The second kappa shape index (κ2) is 13.5. The number of urea groups is 1. The molecule has 1 aromatic carbocycles. The van der Waals surface area contributed by atoms with Crippen LogP contribution in [0.5, 0.6) is 0 Å². The predicted octanol–water partition coefficient (Wildman–Crippen LogP) is 4.20.